The summed E-state index contributed by atoms with van der Waals surface area (Å²) in [6, 6.07) is 10.8. The molecule has 1 aromatic carbocycles. The van der Waals surface area contributed by atoms with Crippen LogP contribution in [0.4, 0.5) is 0 Å². The van der Waals surface area contributed by atoms with E-state index in [9.17, 15) is 0 Å². The van der Waals surface area contributed by atoms with Crippen molar-refractivity contribution in [2.24, 2.45) is 5.92 Å². The Morgan fingerprint density at radius 1 is 1.00 bits per heavy atom. The first-order valence-corrected chi connectivity index (χ1v) is 7.98. The predicted octanol–water partition coefficient (Wildman–Crippen LogP) is 4.22. The average Bonchev–Trinajstić information content (AvgIpc) is 2.42. The highest BCUT2D eigenvalue weighted by atomic mass is 16.5. The van der Waals surface area contributed by atoms with E-state index in [1.165, 1.54) is 12.0 Å². The molecular weight excluding hydrogens is 246 g/mol. The third kappa shape index (κ3) is 7.06. The summed E-state index contributed by atoms with van der Waals surface area (Å²) < 4.78 is 5.55. The van der Waals surface area contributed by atoms with E-state index < -0.39 is 0 Å². The molecule has 1 N–H and O–H groups in total. The van der Waals surface area contributed by atoms with Crippen molar-refractivity contribution in [2.45, 2.75) is 52.6 Å². The fraction of sp³-hybridized carbons (Fsp3) is 0.667. The van der Waals surface area contributed by atoms with Crippen molar-refractivity contribution in [3.63, 3.8) is 0 Å². The number of hydrogen-bond donors (Lipinski definition) is 1. The van der Waals surface area contributed by atoms with Crippen molar-refractivity contribution < 1.29 is 4.74 Å². The van der Waals surface area contributed by atoms with E-state index in [-0.39, 0.29) is 0 Å². The molecule has 0 aliphatic rings. The van der Waals surface area contributed by atoms with Crippen LogP contribution >= 0.6 is 0 Å². The van der Waals surface area contributed by atoms with Crippen LogP contribution in [0.25, 0.3) is 0 Å². The van der Waals surface area contributed by atoms with Crippen molar-refractivity contribution in [3.8, 4) is 0 Å². The third-order valence-corrected chi connectivity index (χ3v) is 3.60. The average molecular weight is 277 g/mol. The quantitative estimate of drug-likeness (QED) is 0.646. The summed E-state index contributed by atoms with van der Waals surface area (Å²) in [6.07, 6.45) is 2.68. The summed E-state index contributed by atoms with van der Waals surface area (Å²) in [5.74, 6) is 1.26. The monoisotopic (exact) mass is 277 g/mol. The Bertz CT molecular complexity index is 335. The summed E-state index contributed by atoms with van der Waals surface area (Å²) in [7, 11) is 0. The Hall–Kier alpha value is -0.860. The first kappa shape index (κ1) is 17.2. The molecule has 0 amide bonds. The zero-order valence-electron chi connectivity index (χ0n) is 13.6. The Morgan fingerprint density at radius 3 is 2.30 bits per heavy atom. The Labute approximate surface area is 124 Å². The van der Waals surface area contributed by atoms with E-state index in [2.05, 4.69) is 63.3 Å². The van der Waals surface area contributed by atoms with Gasteiger partial charge in [0.1, 0.15) is 0 Å². The van der Waals surface area contributed by atoms with Gasteiger partial charge in [-0.1, -0.05) is 44.2 Å². The number of rotatable bonds is 10. The van der Waals surface area contributed by atoms with E-state index in [1.54, 1.807) is 0 Å². The van der Waals surface area contributed by atoms with Gasteiger partial charge in [0.05, 0.1) is 6.10 Å². The van der Waals surface area contributed by atoms with Crippen LogP contribution in [0.1, 0.15) is 52.0 Å². The van der Waals surface area contributed by atoms with E-state index in [4.69, 9.17) is 4.74 Å². The van der Waals surface area contributed by atoms with Crippen LogP contribution < -0.4 is 5.32 Å². The minimum absolute atomic E-state index is 0.353. The molecule has 20 heavy (non-hydrogen) atoms. The first-order valence-electron chi connectivity index (χ1n) is 7.98. The van der Waals surface area contributed by atoms with Gasteiger partial charge in [0, 0.05) is 13.2 Å². The molecule has 0 aliphatic heterocycles. The molecule has 0 aromatic heterocycles. The molecule has 0 fully saturated rings. The summed E-state index contributed by atoms with van der Waals surface area (Å²) in [5, 5.41) is 3.60. The molecule has 0 saturated heterocycles. The van der Waals surface area contributed by atoms with Crippen LogP contribution in [0.5, 0.6) is 0 Å². The van der Waals surface area contributed by atoms with E-state index >= 15 is 0 Å². The molecule has 0 spiro atoms. The lowest BCUT2D eigenvalue weighted by atomic mass is 9.88. The highest BCUT2D eigenvalue weighted by molar-refractivity contribution is 5.20. The normalized spacial score (nSPS) is 13.1. The van der Waals surface area contributed by atoms with E-state index in [1.807, 2.05) is 0 Å². The number of ether oxygens (including phenoxy) is 1. The maximum absolute atomic E-state index is 5.55. The van der Waals surface area contributed by atoms with Gasteiger partial charge in [-0.15, -0.1) is 0 Å². The molecule has 1 rings (SSSR count). The van der Waals surface area contributed by atoms with Crippen LogP contribution in [0.2, 0.25) is 0 Å². The lowest BCUT2D eigenvalue weighted by Crippen LogP contribution is -2.25. The molecule has 0 heterocycles. The van der Waals surface area contributed by atoms with Crippen molar-refractivity contribution >= 4 is 0 Å². The van der Waals surface area contributed by atoms with Gasteiger partial charge >= 0.3 is 0 Å². The van der Waals surface area contributed by atoms with Crippen LogP contribution in [-0.4, -0.2) is 25.8 Å². The molecule has 0 bridgehead atoms. The molecule has 0 saturated carbocycles. The molecule has 114 valence electrons. The summed E-state index contributed by atoms with van der Waals surface area (Å²) in [4.78, 5) is 0. The van der Waals surface area contributed by atoms with E-state index in [0.29, 0.717) is 17.9 Å². The molecule has 0 aliphatic carbocycles. The molecule has 0 radical (unpaired) electrons. The van der Waals surface area contributed by atoms with Gasteiger partial charge in [0.25, 0.3) is 0 Å². The van der Waals surface area contributed by atoms with Gasteiger partial charge in [0.15, 0.2) is 0 Å². The number of benzene rings is 1. The van der Waals surface area contributed by atoms with Crippen molar-refractivity contribution in [2.75, 3.05) is 19.7 Å². The smallest absolute Gasteiger partial charge is 0.0518 e. The second kappa shape index (κ2) is 9.95. The molecule has 2 nitrogen and oxygen atoms in total. The first-order chi connectivity index (χ1) is 9.61. The van der Waals surface area contributed by atoms with Crippen molar-refractivity contribution in [1.29, 1.82) is 0 Å². The van der Waals surface area contributed by atoms with Gasteiger partial charge in [-0.05, 0) is 50.6 Å². The highest BCUT2D eigenvalue weighted by Crippen LogP contribution is 2.23. The maximum atomic E-state index is 5.55. The summed E-state index contributed by atoms with van der Waals surface area (Å²) in [6.45, 7) is 11.8. The Balaban J connectivity index is 2.21. The van der Waals surface area contributed by atoms with Gasteiger partial charge < -0.3 is 10.1 Å². The van der Waals surface area contributed by atoms with E-state index in [0.717, 1.165) is 26.1 Å². The van der Waals surface area contributed by atoms with Crippen LogP contribution in [0.15, 0.2) is 30.3 Å². The summed E-state index contributed by atoms with van der Waals surface area (Å²) in [5.41, 5.74) is 1.44. The van der Waals surface area contributed by atoms with Gasteiger partial charge in [-0.25, -0.2) is 0 Å². The highest BCUT2D eigenvalue weighted by Gasteiger charge is 2.14. The van der Waals surface area contributed by atoms with Crippen LogP contribution in [0, 0.1) is 5.92 Å². The second-order valence-electron chi connectivity index (χ2n) is 6.09. The Morgan fingerprint density at radius 2 is 1.70 bits per heavy atom. The molecule has 1 unspecified atom stereocenters. The molecule has 1 aromatic rings. The molecule has 1 atom stereocenters. The lowest BCUT2D eigenvalue weighted by molar-refractivity contribution is 0.0760. The molecular formula is C18H31NO. The van der Waals surface area contributed by atoms with Gasteiger partial charge in [0.2, 0.25) is 0 Å². The SMILES string of the molecule is CC(C)OCCCCNCC(c1ccccc1)C(C)C. The number of hydrogen-bond acceptors (Lipinski definition) is 2. The second-order valence-corrected chi connectivity index (χ2v) is 6.09. The zero-order chi connectivity index (χ0) is 14.8. The van der Waals surface area contributed by atoms with Gasteiger partial charge in [-0.2, -0.15) is 0 Å². The minimum atomic E-state index is 0.353. The summed E-state index contributed by atoms with van der Waals surface area (Å²) >= 11 is 0. The largest absolute Gasteiger partial charge is 0.379 e. The van der Waals surface area contributed by atoms with Crippen LogP contribution in [-0.2, 0) is 4.74 Å². The molecule has 2 heteroatoms. The Kier molecular flexibility index (Phi) is 8.56. The predicted molar refractivity (Wildman–Crippen MR) is 87.2 cm³/mol. The topological polar surface area (TPSA) is 21.3 Å². The fourth-order valence-corrected chi connectivity index (χ4v) is 2.37. The maximum Gasteiger partial charge on any atom is 0.0518 e. The van der Waals surface area contributed by atoms with Crippen LogP contribution in [0.3, 0.4) is 0 Å². The number of unbranched alkanes of at least 4 members (excludes halogenated alkanes) is 1. The van der Waals surface area contributed by atoms with Gasteiger partial charge in [-0.3, -0.25) is 0 Å². The minimum Gasteiger partial charge on any atom is -0.379 e. The lowest BCUT2D eigenvalue weighted by Gasteiger charge is -2.22. The van der Waals surface area contributed by atoms with Crippen molar-refractivity contribution in [1.82, 2.24) is 5.32 Å². The van der Waals surface area contributed by atoms with Crippen molar-refractivity contribution in [3.05, 3.63) is 35.9 Å². The standard InChI is InChI=1S/C18H31NO/c1-15(2)18(17-10-6-5-7-11-17)14-19-12-8-9-13-20-16(3)4/h5-7,10-11,15-16,18-19H,8-9,12-14H2,1-4H3. The fourth-order valence-electron chi connectivity index (χ4n) is 2.37. The third-order valence-electron chi connectivity index (χ3n) is 3.60. The zero-order valence-corrected chi connectivity index (χ0v) is 13.6. The number of nitrogens with one attached hydrogen (secondary N) is 1.